The van der Waals surface area contributed by atoms with Gasteiger partial charge in [0.1, 0.15) is 8.55 Å². The molecule has 0 saturated heterocycles. The van der Waals surface area contributed by atoms with E-state index < -0.39 is 16.0 Å². The average Bonchev–Trinajstić information content (AvgIpc) is 2.80. The van der Waals surface area contributed by atoms with E-state index in [0.717, 1.165) is 11.3 Å². The van der Waals surface area contributed by atoms with Gasteiger partial charge in [0.15, 0.2) is 0 Å². The fourth-order valence-corrected chi connectivity index (χ4v) is 4.67. The first-order valence-corrected chi connectivity index (χ1v) is 9.03. The molecule has 0 aliphatic heterocycles. The summed E-state index contributed by atoms with van der Waals surface area (Å²) in [6, 6.07) is 5.34. The van der Waals surface area contributed by atoms with Gasteiger partial charge < -0.3 is 4.74 Å². The molecule has 0 aliphatic rings. The highest BCUT2D eigenvalue weighted by Gasteiger charge is 2.22. The third-order valence-electron chi connectivity index (χ3n) is 2.52. The maximum atomic E-state index is 12.3. The largest absolute Gasteiger partial charge is 0.465 e. The second-order valence-electron chi connectivity index (χ2n) is 3.97. The summed E-state index contributed by atoms with van der Waals surface area (Å²) in [6.07, 6.45) is 0. The van der Waals surface area contributed by atoms with Gasteiger partial charge in [0.2, 0.25) is 0 Å². The molecular formula is C12H8Cl3NO4S2. The number of ether oxygens (including phenoxy) is 1. The first kappa shape index (κ1) is 17.4. The first-order valence-electron chi connectivity index (χ1n) is 5.60. The van der Waals surface area contributed by atoms with Crippen molar-refractivity contribution in [1.29, 1.82) is 0 Å². The van der Waals surface area contributed by atoms with Crippen molar-refractivity contribution >= 4 is 67.8 Å². The van der Waals surface area contributed by atoms with Crippen LogP contribution in [0.1, 0.15) is 10.4 Å². The number of carbonyl (C=O) groups is 1. The maximum Gasteiger partial charge on any atom is 0.340 e. The van der Waals surface area contributed by atoms with Gasteiger partial charge in [0.05, 0.1) is 23.4 Å². The summed E-state index contributed by atoms with van der Waals surface area (Å²) >= 11 is 18.1. The number of halogens is 3. The van der Waals surface area contributed by atoms with Crippen LogP contribution in [0.15, 0.2) is 28.5 Å². The van der Waals surface area contributed by atoms with Gasteiger partial charge in [-0.1, -0.05) is 34.8 Å². The number of thiophene rings is 1. The lowest BCUT2D eigenvalue weighted by Gasteiger charge is -2.10. The maximum absolute atomic E-state index is 12.3. The van der Waals surface area contributed by atoms with Crippen molar-refractivity contribution in [1.82, 2.24) is 0 Å². The van der Waals surface area contributed by atoms with Crippen LogP contribution >= 0.6 is 46.1 Å². The molecule has 0 spiro atoms. The van der Waals surface area contributed by atoms with Crippen molar-refractivity contribution in [2.75, 3.05) is 11.8 Å². The Hall–Kier alpha value is -0.990. The molecule has 0 amide bonds. The number of esters is 1. The van der Waals surface area contributed by atoms with Crippen LogP contribution in [0, 0.1) is 0 Å². The van der Waals surface area contributed by atoms with E-state index in [1.807, 2.05) is 0 Å². The molecule has 0 atom stereocenters. The van der Waals surface area contributed by atoms with E-state index >= 15 is 0 Å². The summed E-state index contributed by atoms with van der Waals surface area (Å²) in [5.41, 5.74) is 0.0317. The van der Waals surface area contributed by atoms with E-state index in [4.69, 9.17) is 34.8 Å². The molecule has 118 valence electrons. The van der Waals surface area contributed by atoms with Crippen LogP contribution in [-0.2, 0) is 14.8 Å². The molecule has 0 bridgehead atoms. The van der Waals surface area contributed by atoms with E-state index in [9.17, 15) is 13.2 Å². The van der Waals surface area contributed by atoms with E-state index in [-0.39, 0.29) is 29.8 Å². The van der Waals surface area contributed by atoms with Crippen molar-refractivity contribution in [2.24, 2.45) is 0 Å². The van der Waals surface area contributed by atoms with Gasteiger partial charge in [-0.2, -0.15) is 0 Å². The summed E-state index contributed by atoms with van der Waals surface area (Å²) in [5, 5.41) is 0.405. The Morgan fingerprint density at radius 1 is 1.23 bits per heavy atom. The quantitative estimate of drug-likeness (QED) is 0.777. The number of hydrogen-bond acceptors (Lipinski definition) is 5. The Morgan fingerprint density at radius 3 is 2.45 bits per heavy atom. The molecule has 1 aromatic heterocycles. The van der Waals surface area contributed by atoms with Gasteiger partial charge >= 0.3 is 5.97 Å². The van der Waals surface area contributed by atoms with Crippen LogP contribution in [0.5, 0.6) is 0 Å². The van der Waals surface area contributed by atoms with Gasteiger partial charge in [-0.05, 0) is 24.3 Å². The Bertz CT molecular complexity index is 813. The number of sulfonamides is 1. The molecule has 1 heterocycles. The standard InChI is InChI=1S/C12H8Cl3NO4S2/c1-20-12(17)7-4-6(13)2-3-9(7)16-22(18,19)10-5-8(14)11(15)21-10/h2-5,16H,1H3. The average molecular weight is 401 g/mol. The number of hydrogen-bond donors (Lipinski definition) is 1. The van der Waals surface area contributed by atoms with E-state index in [1.54, 1.807) is 0 Å². The second-order valence-corrected chi connectivity index (χ2v) is 8.38. The van der Waals surface area contributed by atoms with Crippen molar-refractivity contribution in [3.05, 3.63) is 44.2 Å². The van der Waals surface area contributed by atoms with Crippen molar-refractivity contribution in [3.63, 3.8) is 0 Å². The van der Waals surface area contributed by atoms with Crippen LogP contribution < -0.4 is 4.72 Å². The monoisotopic (exact) mass is 399 g/mol. The minimum absolute atomic E-state index is 0.00711. The van der Waals surface area contributed by atoms with Gasteiger partial charge in [0.25, 0.3) is 10.0 Å². The number of methoxy groups -OCH3 is 1. The summed E-state index contributed by atoms with van der Waals surface area (Å²) in [7, 11) is -2.76. The highest BCUT2D eigenvalue weighted by Crippen LogP contribution is 2.35. The molecule has 0 radical (unpaired) electrons. The van der Waals surface area contributed by atoms with E-state index in [1.165, 1.54) is 31.4 Å². The third kappa shape index (κ3) is 3.67. The number of benzene rings is 1. The summed E-state index contributed by atoms with van der Waals surface area (Å²) in [4.78, 5) is 11.7. The van der Waals surface area contributed by atoms with Gasteiger partial charge in [-0.25, -0.2) is 13.2 Å². The Labute approximate surface area is 145 Å². The zero-order valence-electron chi connectivity index (χ0n) is 10.9. The first-order chi connectivity index (χ1) is 10.2. The molecule has 5 nitrogen and oxygen atoms in total. The minimum atomic E-state index is -3.94. The van der Waals surface area contributed by atoms with E-state index in [2.05, 4.69) is 9.46 Å². The molecule has 0 fully saturated rings. The topological polar surface area (TPSA) is 72.5 Å². The van der Waals surface area contributed by atoms with Crippen molar-refractivity contribution in [3.8, 4) is 0 Å². The fourth-order valence-electron chi connectivity index (χ4n) is 1.54. The Balaban J connectivity index is 2.44. The molecule has 2 aromatic rings. The molecule has 22 heavy (non-hydrogen) atoms. The van der Waals surface area contributed by atoms with Gasteiger partial charge in [0, 0.05) is 5.02 Å². The number of carbonyl (C=O) groups excluding carboxylic acids is 1. The SMILES string of the molecule is COC(=O)c1cc(Cl)ccc1NS(=O)(=O)c1cc(Cl)c(Cl)s1. The second kappa shape index (κ2) is 6.64. The Kier molecular flexibility index (Phi) is 5.24. The normalized spacial score (nSPS) is 11.3. The molecule has 0 saturated carbocycles. The molecule has 1 N–H and O–H groups in total. The molecule has 10 heteroatoms. The zero-order chi connectivity index (χ0) is 16.5. The highest BCUT2D eigenvalue weighted by molar-refractivity contribution is 7.94. The zero-order valence-corrected chi connectivity index (χ0v) is 14.8. The highest BCUT2D eigenvalue weighted by atomic mass is 35.5. The van der Waals surface area contributed by atoms with Crippen LogP contribution in [0.25, 0.3) is 0 Å². The molecule has 1 aromatic carbocycles. The predicted octanol–water partition coefficient (Wildman–Crippen LogP) is 4.30. The van der Waals surface area contributed by atoms with Crippen LogP contribution in [0.4, 0.5) is 5.69 Å². The minimum Gasteiger partial charge on any atom is -0.465 e. The molecule has 0 unspecified atom stereocenters. The van der Waals surface area contributed by atoms with Crippen LogP contribution in [0.3, 0.4) is 0 Å². The lowest BCUT2D eigenvalue weighted by atomic mass is 10.2. The summed E-state index contributed by atoms with van der Waals surface area (Å²) in [6.45, 7) is 0. The van der Waals surface area contributed by atoms with Crippen LogP contribution in [-0.4, -0.2) is 21.5 Å². The lowest BCUT2D eigenvalue weighted by molar-refractivity contribution is 0.0602. The Morgan fingerprint density at radius 2 is 1.91 bits per heavy atom. The van der Waals surface area contributed by atoms with E-state index in [0.29, 0.717) is 0 Å². The van der Waals surface area contributed by atoms with Gasteiger partial charge in [-0.15, -0.1) is 11.3 Å². The number of anilines is 1. The van der Waals surface area contributed by atoms with Gasteiger partial charge in [-0.3, -0.25) is 4.72 Å². The van der Waals surface area contributed by atoms with Crippen molar-refractivity contribution in [2.45, 2.75) is 4.21 Å². The molecule has 2 rings (SSSR count). The fraction of sp³-hybridized carbons (Fsp3) is 0.0833. The predicted molar refractivity (Wildman–Crippen MR) is 87.9 cm³/mol. The summed E-state index contributed by atoms with van der Waals surface area (Å²) in [5.74, 6) is -0.720. The third-order valence-corrected chi connectivity index (χ3v) is 6.46. The van der Waals surface area contributed by atoms with Crippen LogP contribution in [0.2, 0.25) is 14.4 Å². The lowest BCUT2D eigenvalue weighted by Crippen LogP contribution is -2.15. The summed E-state index contributed by atoms with van der Waals surface area (Å²) < 4.78 is 31.6. The smallest absolute Gasteiger partial charge is 0.340 e. The van der Waals surface area contributed by atoms with Crippen molar-refractivity contribution < 1.29 is 17.9 Å². The molecule has 0 aliphatic carbocycles. The number of nitrogens with one attached hydrogen (secondary N) is 1. The number of rotatable bonds is 4. The molecular weight excluding hydrogens is 393 g/mol.